The number of hydrogen-bond acceptors (Lipinski definition) is 5. The first-order chi connectivity index (χ1) is 17.3. The number of fused-ring (bicyclic) bond motifs is 1. The van der Waals surface area contributed by atoms with Crippen LogP contribution < -0.4 is 10.6 Å². The second kappa shape index (κ2) is 14.1. The van der Waals surface area contributed by atoms with Crippen LogP contribution in [0.1, 0.15) is 82.3 Å². The number of benzene rings is 2. The van der Waals surface area contributed by atoms with Gasteiger partial charge in [-0.1, -0.05) is 52.3 Å². The molecular formula is C30H42NO5P. The molecule has 2 unspecified atom stereocenters. The smallest absolute Gasteiger partial charge is 0.338 e. The molecule has 0 spiro atoms. The van der Waals surface area contributed by atoms with E-state index < -0.39 is 16.9 Å². The summed E-state index contributed by atoms with van der Waals surface area (Å²) in [6.45, 7) is 19.1. The standard InChI is InChI=1S/C24H28NO5P.C4H8.C2H6/c1-14(2)11-24(29,13-23(3,4)19-10-17(31)6-8-20(19)26)22(28)25-16-5-7-18-15(9-16)12-30-21(18)27;1-3-4-2;1-2/h5-10,26,29H,1,11-13,31H2,2-4H3,(H,25,28);3H,1,4H2,2H3;1-2H3. The highest BCUT2D eigenvalue weighted by molar-refractivity contribution is 7.27. The first kappa shape index (κ1) is 32.1. The van der Waals surface area contributed by atoms with Crippen molar-refractivity contribution < 1.29 is 24.5 Å². The number of hydrogen-bond donors (Lipinski definition) is 3. The van der Waals surface area contributed by atoms with Gasteiger partial charge in [-0.2, -0.15) is 0 Å². The minimum atomic E-state index is -1.76. The number of aliphatic hydroxyl groups is 1. The van der Waals surface area contributed by atoms with Crippen LogP contribution >= 0.6 is 9.24 Å². The van der Waals surface area contributed by atoms with Crippen molar-refractivity contribution in [1.82, 2.24) is 0 Å². The highest BCUT2D eigenvalue weighted by Crippen LogP contribution is 2.39. The number of amides is 1. The summed E-state index contributed by atoms with van der Waals surface area (Å²) in [6.07, 6.45) is 3.09. The Labute approximate surface area is 224 Å². The molecule has 2 atom stereocenters. The number of nitrogens with one attached hydrogen (secondary N) is 1. The number of carbonyl (C=O) groups excluding carboxylic acids is 2. The molecule has 7 heteroatoms. The molecule has 3 rings (SSSR count). The highest BCUT2D eigenvalue weighted by atomic mass is 31.0. The molecule has 0 aliphatic carbocycles. The summed E-state index contributed by atoms with van der Waals surface area (Å²) in [5, 5.41) is 25.5. The van der Waals surface area contributed by atoms with Crippen LogP contribution in [0.2, 0.25) is 0 Å². The fraction of sp³-hybridized carbons (Fsp3) is 0.400. The van der Waals surface area contributed by atoms with Crippen molar-refractivity contribution in [3.05, 3.63) is 77.9 Å². The predicted molar refractivity (Wildman–Crippen MR) is 156 cm³/mol. The normalized spacial score (nSPS) is 13.5. The van der Waals surface area contributed by atoms with Gasteiger partial charge in [-0.25, -0.2) is 4.79 Å². The Bertz CT molecular complexity index is 1120. The minimum Gasteiger partial charge on any atom is -0.508 e. The van der Waals surface area contributed by atoms with Gasteiger partial charge in [-0.3, -0.25) is 4.79 Å². The Morgan fingerprint density at radius 1 is 1.22 bits per heavy atom. The number of phenolic OH excluding ortho intramolecular Hbond substituents is 1. The lowest BCUT2D eigenvalue weighted by atomic mass is 9.72. The molecule has 0 saturated heterocycles. The SMILES string of the molecule is C=C(C)CC(O)(CC(C)(C)c1cc(P)ccc1O)C(=O)Nc1ccc2c(c1)COC2=O.C=CCC.CC. The van der Waals surface area contributed by atoms with Gasteiger partial charge in [0.25, 0.3) is 5.91 Å². The van der Waals surface area contributed by atoms with Crippen LogP contribution in [0.5, 0.6) is 5.75 Å². The molecule has 37 heavy (non-hydrogen) atoms. The Morgan fingerprint density at radius 2 is 1.84 bits per heavy atom. The zero-order valence-corrected chi connectivity index (χ0v) is 24.1. The molecule has 0 bridgehead atoms. The number of carbonyl (C=O) groups is 2. The number of anilines is 1. The van der Waals surface area contributed by atoms with E-state index in [0.29, 0.717) is 28.0 Å². The molecule has 202 valence electrons. The molecule has 6 nitrogen and oxygen atoms in total. The number of ether oxygens (including phenoxy) is 1. The molecule has 1 aliphatic rings. The number of esters is 1. The summed E-state index contributed by atoms with van der Waals surface area (Å²) in [4.78, 5) is 24.9. The van der Waals surface area contributed by atoms with Crippen LogP contribution in [-0.4, -0.2) is 27.7 Å². The van der Waals surface area contributed by atoms with Crippen LogP contribution in [0.25, 0.3) is 0 Å². The molecular weight excluding hydrogens is 485 g/mol. The van der Waals surface area contributed by atoms with Crippen molar-refractivity contribution in [2.24, 2.45) is 0 Å². The zero-order valence-electron chi connectivity index (χ0n) is 23.0. The van der Waals surface area contributed by atoms with Gasteiger partial charge < -0.3 is 20.3 Å². The average molecular weight is 528 g/mol. The van der Waals surface area contributed by atoms with E-state index in [9.17, 15) is 19.8 Å². The first-order valence-corrected chi connectivity index (χ1v) is 13.1. The summed E-state index contributed by atoms with van der Waals surface area (Å²) in [5.41, 5.74) is 0.458. The van der Waals surface area contributed by atoms with Gasteiger partial charge in [0, 0.05) is 23.2 Å². The quantitative estimate of drug-likeness (QED) is 0.217. The fourth-order valence-electron chi connectivity index (χ4n) is 4.10. The Kier molecular flexibility index (Phi) is 12.2. The first-order valence-electron chi connectivity index (χ1n) is 12.5. The molecule has 1 heterocycles. The minimum absolute atomic E-state index is 0.0624. The van der Waals surface area contributed by atoms with Gasteiger partial charge in [-0.15, -0.1) is 22.4 Å². The molecule has 0 radical (unpaired) electrons. The van der Waals surface area contributed by atoms with Crippen molar-refractivity contribution in [3.8, 4) is 5.75 Å². The molecule has 0 fully saturated rings. The van der Waals surface area contributed by atoms with Crippen molar-refractivity contribution in [2.45, 2.75) is 78.4 Å². The summed E-state index contributed by atoms with van der Waals surface area (Å²) in [7, 11) is 2.58. The van der Waals surface area contributed by atoms with Crippen LogP contribution in [0.3, 0.4) is 0 Å². The van der Waals surface area contributed by atoms with E-state index in [0.717, 1.165) is 11.7 Å². The van der Waals surface area contributed by atoms with Gasteiger partial charge >= 0.3 is 5.97 Å². The predicted octanol–water partition coefficient (Wildman–Crippen LogP) is 6.18. The lowest BCUT2D eigenvalue weighted by Crippen LogP contribution is -2.47. The van der Waals surface area contributed by atoms with Crippen LogP contribution in [0.4, 0.5) is 5.69 Å². The van der Waals surface area contributed by atoms with Crippen molar-refractivity contribution in [2.75, 3.05) is 5.32 Å². The van der Waals surface area contributed by atoms with Gasteiger partial charge in [-0.05, 0) is 60.8 Å². The maximum absolute atomic E-state index is 13.2. The summed E-state index contributed by atoms with van der Waals surface area (Å²) in [5.74, 6) is -0.850. The third-order valence-corrected chi connectivity index (χ3v) is 6.09. The second-order valence-electron chi connectivity index (χ2n) is 9.60. The largest absolute Gasteiger partial charge is 0.508 e. The van der Waals surface area contributed by atoms with E-state index in [1.807, 2.05) is 39.8 Å². The van der Waals surface area contributed by atoms with Gasteiger partial charge in [0.15, 0.2) is 0 Å². The fourth-order valence-corrected chi connectivity index (χ4v) is 4.37. The number of phenols is 1. The lowest BCUT2D eigenvalue weighted by molar-refractivity contribution is -0.136. The third-order valence-electron chi connectivity index (χ3n) is 5.73. The van der Waals surface area contributed by atoms with E-state index in [4.69, 9.17) is 4.74 Å². The Morgan fingerprint density at radius 3 is 2.41 bits per heavy atom. The van der Waals surface area contributed by atoms with Gasteiger partial charge in [0.05, 0.1) is 5.56 Å². The van der Waals surface area contributed by atoms with E-state index in [1.165, 1.54) is 0 Å². The third kappa shape index (κ3) is 8.84. The summed E-state index contributed by atoms with van der Waals surface area (Å²) in [6, 6.07) is 10.1. The molecule has 0 saturated carbocycles. The topological polar surface area (TPSA) is 95.9 Å². The Balaban J connectivity index is 0.00000104. The molecule has 1 aliphatic heterocycles. The van der Waals surface area contributed by atoms with E-state index in [2.05, 4.69) is 34.6 Å². The highest BCUT2D eigenvalue weighted by Gasteiger charge is 2.42. The van der Waals surface area contributed by atoms with Crippen LogP contribution in [0, 0.1) is 0 Å². The molecule has 2 aromatic rings. The number of cyclic esters (lactones) is 1. The second-order valence-corrected chi connectivity index (χ2v) is 10.3. The number of rotatable bonds is 8. The van der Waals surface area contributed by atoms with E-state index >= 15 is 0 Å². The average Bonchev–Trinajstić information content (AvgIpc) is 3.21. The molecule has 3 N–H and O–H groups in total. The van der Waals surface area contributed by atoms with Gasteiger partial charge in [0.2, 0.25) is 0 Å². The van der Waals surface area contributed by atoms with E-state index in [-0.39, 0.29) is 31.2 Å². The number of allylic oxidation sites excluding steroid dienone is 1. The maximum Gasteiger partial charge on any atom is 0.338 e. The van der Waals surface area contributed by atoms with Crippen molar-refractivity contribution in [1.29, 1.82) is 0 Å². The van der Waals surface area contributed by atoms with E-state index in [1.54, 1.807) is 37.3 Å². The molecule has 0 aromatic heterocycles. The van der Waals surface area contributed by atoms with Crippen molar-refractivity contribution >= 4 is 32.1 Å². The molecule has 2 aromatic carbocycles. The van der Waals surface area contributed by atoms with Crippen LogP contribution in [0.15, 0.2) is 61.2 Å². The van der Waals surface area contributed by atoms with Crippen molar-refractivity contribution in [3.63, 3.8) is 0 Å². The monoisotopic (exact) mass is 527 g/mol. The Hall–Kier alpha value is -2.95. The maximum atomic E-state index is 13.2. The summed E-state index contributed by atoms with van der Waals surface area (Å²) < 4.78 is 5.00. The summed E-state index contributed by atoms with van der Waals surface area (Å²) >= 11 is 0. The zero-order chi connectivity index (χ0) is 28.4. The molecule has 1 amide bonds. The number of aromatic hydroxyl groups is 1. The van der Waals surface area contributed by atoms with Gasteiger partial charge in [0.1, 0.15) is 18.0 Å². The van der Waals surface area contributed by atoms with Crippen LogP contribution in [-0.2, 0) is 21.6 Å². The lowest BCUT2D eigenvalue weighted by Gasteiger charge is -2.36.